The fraction of sp³-hybridized carbons (Fsp3) is 0.304. The van der Waals surface area contributed by atoms with E-state index in [1.807, 2.05) is 31.2 Å². The van der Waals surface area contributed by atoms with Crippen molar-refractivity contribution in [2.24, 2.45) is 0 Å². The maximum absolute atomic E-state index is 12.7. The van der Waals surface area contributed by atoms with E-state index in [9.17, 15) is 9.59 Å². The van der Waals surface area contributed by atoms with E-state index in [1.165, 1.54) is 28.3 Å². The molecule has 1 atom stereocenters. The molecule has 1 aliphatic heterocycles. The predicted molar refractivity (Wildman–Crippen MR) is 108 cm³/mol. The molecule has 5 nitrogen and oxygen atoms in total. The van der Waals surface area contributed by atoms with Gasteiger partial charge in [0.2, 0.25) is 5.91 Å². The highest BCUT2D eigenvalue weighted by Crippen LogP contribution is 2.44. The zero-order valence-corrected chi connectivity index (χ0v) is 16.0. The van der Waals surface area contributed by atoms with E-state index in [-0.39, 0.29) is 24.0 Å². The lowest BCUT2D eigenvalue weighted by Gasteiger charge is -2.38. The van der Waals surface area contributed by atoms with Crippen LogP contribution >= 0.6 is 0 Å². The summed E-state index contributed by atoms with van der Waals surface area (Å²) in [5, 5.41) is 0. The van der Waals surface area contributed by atoms with Crippen molar-refractivity contribution in [1.82, 2.24) is 9.80 Å². The smallest absolute Gasteiger partial charge is 0.410 e. The van der Waals surface area contributed by atoms with Crippen molar-refractivity contribution in [3.63, 3.8) is 0 Å². The van der Waals surface area contributed by atoms with E-state index in [0.717, 1.165) is 0 Å². The summed E-state index contributed by atoms with van der Waals surface area (Å²) >= 11 is 0. The van der Waals surface area contributed by atoms with Gasteiger partial charge in [-0.05, 0) is 35.3 Å². The molecule has 0 aromatic heterocycles. The van der Waals surface area contributed by atoms with E-state index < -0.39 is 0 Å². The van der Waals surface area contributed by atoms with E-state index in [1.54, 1.807) is 9.80 Å². The van der Waals surface area contributed by atoms with Crippen LogP contribution in [-0.2, 0) is 9.53 Å². The van der Waals surface area contributed by atoms with Crippen molar-refractivity contribution in [3.8, 4) is 11.1 Å². The Morgan fingerprint density at radius 2 is 1.68 bits per heavy atom. The molecule has 5 heteroatoms. The number of fused-ring (bicyclic) bond motifs is 3. The van der Waals surface area contributed by atoms with Crippen molar-refractivity contribution in [3.05, 3.63) is 72.3 Å². The SMILES string of the molecule is C=CC(=O)N1CCN(C(=O)OCC2c3ccccc3-c3ccccc32)[C@@H](C)C1. The second kappa shape index (κ2) is 7.50. The number of piperazine rings is 1. The van der Waals surface area contributed by atoms with Crippen molar-refractivity contribution in [1.29, 1.82) is 0 Å². The summed E-state index contributed by atoms with van der Waals surface area (Å²) < 4.78 is 5.73. The van der Waals surface area contributed by atoms with Crippen LogP contribution in [0.1, 0.15) is 24.0 Å². The summed E-state index contributed by atoms with van der Waals surface area (Å²) in [5.41, 5.74) is 4.82. The van der Waals surface area contributed by atoms with Gasteiger partial charge in [0, 0.05) is 31.6 Å². The fourth-order valence-electron chi connectivity index (χ4n) is 4.24. The molecule has 2 amide bonds. The van der Waals surface area contributed by atoms with Gasteiger partial charge in [0.15, 0.2) is 0 Å². The Kier molecular flexibility index (Phi) is 4.90. The van der Waals surface area contributed by atoms with Gasteiger partial charge in [-0.15, -0.1) is 0 Å². The van der Waals surface area contributed by atoms with Gasteiger partial charge < -0.3 is 14.5 Å². The third-order valence-electron chi connectivity index (χ3n) is 5.68. The number of carbonyl (C=O) groups is 2. The zero-order valence-electron chi connectivity index (χ0n) is 16.0. The Morgan fingerprint density at radius 1 is 1.07 bits per heavy atom. The van der Waals surface area contributed by atoms with Gasteiger partial charge >= 0.3 is 6.09 Å². The third kappa shape index (κ3) is 3.17. The molecule has 0 radical (unpaired) electrons. The molecule has 0 bridgehead atoms. The molecule has 2 aromatic carbocycles. The van der Waals surface area contributed by atoms with Crippen LogP contribution in [0, 0.1) is 0 Å². The Balaban J connectivity index is 1.44. The van der Waals surface area contributed by atoms with Crippen LogP contribution in [0.15, 0.2) is 61.2 Å². The molecular formula is C23H24N2O3. The number of hydrogen-bond acceptors (Lipinski definition) is 3. The molecule has 4 rings (SSSR count). The lowest BCUT2D eigenvalue weighted by molar-refractivity contribution is -0.128. The quantitative estimate of drug-likeness (QED) is 0.769. The van der Waals surface area contributed by atoms with Crippen LogP contribution in [0.4, 0.5) is 4.79 Å². The highest BCUT2D eigenvalue weighted by molar-refractivity contribution is 5.87. The van der Waals surface area contributed by atoms with Crippen LogP contribution in [-0.4, -0.2) is 54.1 Å². The van der Waals surface area contributed by atoms with Gasteiger partial charge in [-0.1, -0.05) is 55.1 Å². The average Bonchev–Trinajstić information content (AvgIpc) is 3.05. The number of benzene rings is 2. The van der Waals surface area contributed by atoms with Gasteiger partial charge in [0.25, 0.3) is 0 Å². The van der Waals surface area contributed by atoms with Gasteiger partial charge in [0.05, 0.1) is 0 Å². The second-order valence-electron chi connectivity index (χ2n) is 7.33. The topological polar surface area (TPSA) is 49.9 Å². The second-order valence-corrected chi connectivity index (χ2v) is 7.33. The lowest BCUT2D eigenvalue weighted by Crippen LogP contribution is -2.55. The monoisotopic (exact) mass is 376 g/mol. The molecular weight excluding hydrogens is 352 g/mol. The summed E-state index contributed by atoms with van der Waals surface area (Å²) in [4.78, 5) is 27.9. The van der Waals surface area contributed by atoms with Crippen molar-refractivity contribution >= 4 is 12.0 Å². The maximum atomic E-state index is 12.7. The van der Waals surface area contributed by atoms with E-state index in [2.05, 4.69) is 30.8 Å². The van der Waals surface area contributed by atoms with Gasteiger partial charge in [-0.3, -0.25) is 4.79 Å². The number of ether oxygens (including phenoxy) is 1. The molecule has 1 fully saturated rings. The van der Waals surface area contributed by atoms with Crippen LogP contribution in [0.25, 0.3) is 11.1 Å². The Hall–Kier alpha value is -3.08. The first kappa shape index (κ1) is 18.3. The first-order valence-corrected chi connectivity index (χ1v) is 9.63. The molecule has 28 heavy (non-hydrogen) atoms. The third-order valence-corrected chi connectivity index (χ3v) is 5.68. The molecule has 1 saturated heterocycles. The standard InChI is InChI=1S/C23H24N2O3/c1-3-22(26)24-12-13-25(16(2)14-24)23(27)28-15-21-19-10-6-4-8-17(19)18-9-5-7-11-20(18)21/h3-11,16,21H,1,12-15H2,2H3/t16-/m0/s1. The van der Waals surface area contributed by atoms with Gasteiger partial charge in [0.1, 0.15) is 6.61 Å². The fourth-order valence-corrected chi connectivity index (χ4v) is 4.24. The molecule has 2 aliphatic rings. The minimum Gasteiger partial charge on any atom is -0.448 e. The van der Waals surface area contributed by atoms with E-state index in [0.29, 0.717) is 26.2 Å². The lowest BCUT2D eigenvalue weighted by atomic mass is 9.98. The van der Waals surface area contributed by atoms with Gasteiger partial charge in [-0.2, -0.15) is 0 Å². The van der Waals surface area contributed by atoms with Crippen LogP contribution in [0.5, 0.6) is 0 Å². The number of nitrogens with zero attached hydrogens (tertiary/aromatic N) is 2. The molecule has 1 aliphatic carbocycles. The minimum absolute atomic E-state index is 0.0512. The first-order valence-electron chi connectivity index (χ1n) is 9.63. The average molecular weight is 376 g/mol. The molecule has 144 valence electrons. The number of amides is 2. The molecule has 0 spiro atoms. The van der Waals surface area contributed by atoms with Crippen LogP contribution in [0.3, 0.4) is 0 Å². The summed E-state index contributed by atoms with van der Waals surface area (Å²) in [6.07, 6.45) is 0.996. The number of hydrogen-bond donors (Lipinski definition) is 0. The maximum Gasteiger partial charge on any atom is 0.410 e. The first-order chi connectivity index (χ1) is 13.6. The Labute approximate surface area is 165 Å². The normalized spacial score (nSPS) is 18.4. The number of rotatable bonds is 3. The predicted octanol–water partition coefficient (Wildman–Crippen LogP) is 3.65. The van der Waals surface area contributed by atoms with Crippen molar-refractivity contribution < 1.29 is 14.3 Å². The van der Waals surface area contributed by atoms with Crippen molar-refractivity contribution in [2.75, 3.05) is 26.2 Å². The van der Waals surface area contributed by atoms with Gasteiger partial charge in [-0.25, -0.2) is 4.79 Å². The molecule has 0 unspecified atom stereocenters. The van der Waals surface area contributed by atoms with E-state index in [4.69, 9.17) is 4.74 Å². The van der Waals surface area contributed by atoms with Crippen molar-refractivity contribution in [2.45, 2.75) is 18.9 Å². The number of carbonyl (C=O) groups excluding carboxylic acids is 2. The molecule has 0 N–H and O–H groups in total. The molecule has 1 heterocycles. The van der Waals surface area contributed by atoms with Crippen LogP contribution < -0.4 is 0 Å². The highest BCUT2D eigenvalue weighted by Gasteiger charge is 2.32. The summed E-state index contributed by atoms with van der Waals surface area (Å²) in [6, 6.07) is 16.5. The Bertz CT molecular complexity index is 878. The highest BCUT2D eigenvalue weighted by atomic mass is 16.6. The molecule has 2 aromatic rings. The Morgan fingerprint density at radius 3 is 2.25 bits per heavy atom. The summed E-state index contributed by atoms with van der Waals surface area (Å²) in [5.74, 6) is -0.0469. The molecule has 0 saturated carbocycles. The summed E-state index contributed by atoms with van der Waals surface area (Å²) in [7, 11) is 0. The largest absolute Gasteiger partial charge is 0.448 e. The zero-order chi connectivity index (χ0) is 19.7. The minimum atomic E-state index is -0.319. The van der Waals surface area contributed by atoms with E-state index >= 15 is 0 Å². The summed E-state index contributed by atoms with van der Waals surface area (Å²) in [6.45, 7) is 7.24. The van der Waals surface area contributed by atoms with Crippen LogP contribution in [0.2, 0.25) is 0 Å².